The minimum absolute atomic E-state index is 0.00965. The molecule has 0 radical (unpaired) electrons. The predicted octanol–water partition coefficient (Wildman–Crippen LogP) is 2.32. The molecule has 0 aromatic carbocycles. The van der Waals surface area contributed by atoms with E-state index in [4.69, 9.17) is 5.11 Å². The maximum Gasteiger partial charge on any atom is 0.304 e. The van der Waals surface area contributed by atoms with Crippen LogP contribution in [0.4, 0.5) is 0 Å². The van der Waals surface area contributed by atoms with Gasteiger partial charge in [0.05, 0.1) is 6.42 Å². The van der Waals surface area contributed by atoms with Crippen LogP contribution in [0.5, 0.6) is 0 Å². The van der Waals surface area contributed by atoms with Gasteiger partial charge in [-0.3, -0.25) is 4.79 Å². The van der Waals surface area contributed by atoms with Crippen molar-refractivity contribution in [2.75, 3.05) is 26.7 Å². The molecule has 21 heavy (non-hydrogen) atoms. The fourth-order valence-electron chi connectivity index (χ4n) is 1.98. The van der Waals surface area contributed by atoms with Crippen LogP contribution in [0.3, 0.4) is 0 Å². The molecule has 0 aliphatic rings. The lowest BCUT2D eigenvalue weighted by Crippen LogP contribution is -2.43. The van der Waals surface area contributed by atoms with E-state index in [0.29, 0.717) is 13.1 Å². The molecule has 7 heteroatoms. The summed E-state index contributed by atoms with van der Waals surface area (Å²) in [7, 11) is -2.11. The Kier molecular flexibility index (Phi) is 10.6. The minimum atomic E-state index is -3.55. The van der Waals surface area contributed by atoms with E-state index in [9.17, 15) is 13.2 Å². The molecule has 0 atom stereocenters. The van der Waals surface area contributed by atoms with Crippen LogP contribution < -0.4 is 0 Å². The van der Waals surface area contributed by atoms with E-state index >= 15 is 0 Å². The third kappa shape index (κ3) is 8.38. The maximum atomic E-state index is 12.5. The Morgan fingerprint density at radius 2 is 1.43 bits per heavy atom. The molecule has 126 valence electrons. The van der Waals surface area contributed by atoms with Crippen molar-refractivity contribution in [3.05, 3.63) is 0 Å². The fraction of sp³-hybridized carbons (Fsp3) is 0.929. The Bertz CT molecular complexity index is 374. The van der Waals surface area contributed by atoms with E-state index in [1.165, 1.54) is 11.4 Å². The summed E-state index contributed by atoms with van der Waals surface area (Å²) in [6.45, 7) is 5.19. The first-order valence-corrected chi connectivity index (χ1v) is 9.19. The zero-order valence-corrected chi connectivity index (χ0v) is 14.4. The van der Waals surface area contributed by atoms with E-state index < -0.39 is 16.2 Å². The molecule has 0 aromatic rings. The molecule has 0 aromatic heterocycles. The van der Waals surface area contributed by atoms with Gasteiger partial charge >= 0.3 is 5.97 Å². The lowest BCUT2D eigenvalue weighted by atomic mass is 10.2. The molecular weight excluding hydrogens is 292 g/mol. The average Bonchev–Trinajstić information content (AvgIpc) is 2.43. The molecule has 0 spiro atoms. The van der Waals surface area contributed by atoms with Gasteiger partial charge in [0.15, 0.2) is 0 Å². The summed E-state index contributed by atoms with van der Waals surface area (Å²) in [6.07, 6.45) is 5.59. The highest BCUT2D eigenvalue weighted by molar-refractivity contribution is 7.86. The van der Waals surface area contributed by atoms with Gasteiger partial charge in [0.2, 0.25) is 0 Å². The Balaban J connectivity index is 4.68. The molecule has 0 bridgehead atoms. The van der Waals surface area contributed by atoms with Gasteiger partial charge in [-0.2, -0.15) is 17.0 Å². The molecule has 0 saturated carbocycles. The highest BCUT2D eigenvalue weighted by Gasteiger charge is 2.26. The third-order valence-electron chi connectivity index (χ3n) is 3.38. The number of rotatable bonds is 13. The Morgan fingerprint density at radius 3 is 1.81 bits per heavy atom. The van der Waals surface area contributed by atoms with Crippen molar-refractivity contribution in [2.45, 2.75) is 58.8 Å². The zero-order chi connectivity index (χ0) is 16.3. The van der Waals surface area contributed by atoms with Gasteiger partial charge in [-0.15, -0.1) is 0 Å². The Hall–Kier alpha value is -0.660. The second-order valence-electron chi connectivity index (χ2n) is 5.29. The molecule has 0 rings (SSSR count). The van der Waals surface area contributed by atoms with Gasteiger partial charge in [0, 0.05) is 26.7 Å². The highest BCUT2D eigenvalue weighted by Crippen LogP contribution is 2.12. The SMILES string of the molecule is CCCCCN(CCCCC)S(=O)(=O)N(C)CCC(=O)O. The summed E-state index contributed by atoms with van der Waals surface area (Å²) in [5, 5.41) is 8.68. The molecule has 6 nitrogen and oxygen atoms in total. The molecular formula is C14H30N2O4S. The summed E-state index contributed by atoms with van der Waals surface area (Å²) in [5.74, 6) is -0.986. The largest absolute Gasteiger partial charge is 0.481 e. The molecule has 1 N–H and O–H groups in total. The number of aliphatic carboxylic acids is 1. The lowest BCUT2D eigenvalue weighted by molar-refractivity contribution is -0.137. The van der Waals surface area contributed by atoms with Crippen molar-refractivity contribution in [3.63, 3.8) is 0 Å². The monoisotopic (exact) mass is 322 g/mol. The van der Waals surface area contributed by atoms with Crippen molar-refractivity contribution in [1.82, 2.24) is 8.61 Å². The van der Waals surface area contributed by atoms with E-state index in [0.717, 1.165) is 42.8 Å². The van der Waals surface area contributed by atoms with Gasteiger partial charge < -0.3 is 5.11 Å². The van der Waals surface area contributed by atoms with Crippen molar-refractivity contribution in [1.29, 1.82) is 0 Å². The quantitative estimate of drug-likeness (QED) is 0.528. The van der Waals surface area contributed by atoms with E-state index in [1.54, 1.807) is 0 Å². The standard InChI is InChI=1S/C14H30N2O4S/c1-4-6-8-11-16(12-9-7-5-2)21(19,20)15(3)13-10-14(17)18/h4-13H2,1-3H3,(H,17,18). The molecule has 0 unspecified atom stereocenters. The predicted molar refractivity (Wildman–Crippen MR) is 84.4 cm³/mol. The zero-order valence-electron chi connectivity index (χ0n) is 13.5. The van der Waals surface area contributed by atoms with E-state index in [-0.39, 0.29) is 13.0 Å². The summed E-state index contributed by atoms with van der Waals surface area (Å²) in [6, 6.07) is 0. The van der Waals surface area contributed by atoms with Crippen LogP contribution >= 0.6 is 0 Å². The van der Waals surface area contributed by atoms with Crippen molar-refractivity contribution in [3.8, 4) is 0 Å². The first kappa shape index (κ1) is 20.3. The van der Waals surface area contributed by atoms with Gasteiger partial charge in [0.1, 0.15) is 0 Å². The van der Waals surface area contributed by atoms with Crippen LogP contribution in [-0.4, -0.2) is 54.8 Å². The molecule has 0 fully saturated rings. The molecule has 0 amide bonds. The summed E-state index contributed by atoms with van der Waals surface area (Å²) < 4.78 is 27.6. The number of carboxylic acid groups (broad SMARTS) is 1. The smallest absolute Gasteiger partial charge is 0.304 e. The molecule has 0 saturated heterocycles. The fourth-order valence-corrected chi connectivity index (χ4v) is 3.42. The molecule has 0 heterocycles. The topological polar surface area (TPSA) is 77.9 Å². The summed E-state index contributed by atoms with van der Waals surface area (Å²) in [4.78, 5) is 10.6. The lowest BCUT2D eigenvalue weighted by Gasteiger charge is -2.27. The second-order valence-corrected chi connectivity index (χ2v) is 7.32. The van der Waals surface area contributed by atoms with Gasteiger partial charge in [0.25, 0.3) is 10.2 Å². The van der Waals surface area contributed by atoms with Crippen molar-refractivity contribution < 1.29 is 18.3 Å². The second kappa shape index (κ2) is 11.0. The normalized spacial score (nSPS) is 12.2. The highest BCUT2D eigenvalue weighted by atomic mass is 32.2. The van der Waals surface area contributed by atoms with Crippen LogP contribution in [0.15, 0.2) is 0 Å². The van der Waals surface area contributed by atoms with Crippen LogP contribution in [0.2, 0.25) is 0 Å². The number of carboxylic acids is 1. The van der Waals surface area contributed by atoms with Gasteiger partial charge in [-0.1, -0.05) is 39.5 Å². The van der Waals surface area contributed by atoms with Gasteiger partial charge in [-0.05, 0) is 12.8 Å². The Labute approximate surface area is 129 Å². The van der Waals surface area contributed by atoms with Crippen molar-refractivity contribution in [2.24, 2.45) is 0 Å². The van der Waals surface area contributed by atoms with Crippen LogP contribution in [-0.2, 0) is 15.0 Å². The number of unbranched alkanes of at least 4 members (excludes halogenated alkanes) is 4. The minimum Gasteiger partial charge on any atom is -0.481 e. The number of hydrogen-bond acceptors (Lipinski definition) is 3. The van der Waals surface area contributed by atoms with E-state index in [2.05, 4.69) is 13.8 Å². The average molecular weight is 322 g/mol. The summed E-state index contributed by atoms with van der Waals surface area (Å²) >= 11 is 0. The van der Waals surface area contributed by atoms with Crippen LogP contribution in [0.1, 0.15) is 58.8 Å². The Morgan fingerprint density at radius 1 is 0.952 bits per heavy atom. The van der Waals surface area contributed by atoms with Crippen LogP contribution in [0.25, 0.3) is 0 Å². The van der Waals surface area contributed by atoms with Crippen molar-refractivity contribution >= 4 is 16.2 Å². The first-order valence-electron chi connectivity index (χ1n) is 7.79. The number of carbonyl (C=O) groups is 1. The number of hydrogen-bond donors (Lipinski definition) is 1. The molecule has 0 aliphatic heterocycles. The summed E-state index contributed by atoms with van der Waals surface area (Å²) in [5.41, 5.74) is 0. The maximum absolute atomic E-state index is 12.5. The third-order valence-corrected chi connectivity index (χ3v) is 5.37. The number of nitrogens with zero attached hydrogens (tertiary/aromatic N) is 2. The first-order chi connectivity index (χ1) is 9.86. The van der Waals surface area contributed by atoms with Gasteiger partial charge in [-0.25, -0.2) is 0 Å². The van der Waals surface area contributed by atoms with E-state index in [1.807, 2.05) is 0 Å². The van der Waals surface area contributed by atoms with Crippen LogP contribution in [0, 0.1) is 0 Å². The molecule has 0 aliphatic carbocycles.